The van der Waals surface area contributed by atoms with Crippen LogP contribution in [0.5, 0.6) is 0 Å². The number of fused-ring (bicyclic) bond motifs is 10. The van der Waals surface area contributed by atoms with E-state index in [1.54, 1.807) is 0 Å². The standard InChI is InChI=1S/C35H21N3S/c1-2-8-25-22(7-1)14-18-29-33(25)34-30(19-17-27-26-9-3-4-10-31(26)39-35(27)34)38(29)24-15-12-23(13-16-24)28-21-37-20-6-5-11-32(37)36-28/h1-21H. The van der Waals surface area contributed by atoms with Gasteiger partial charge in [0.1, 0.15) is 5.65 Å². The number of aromatic nitrogens is 3. The van der Waals surface area contributed by atoms with Crippen LogP contribution in [0.3, 0.4) is 0 Å². The van der Waals surface area contributed by atoms with Gasteiger partial charge in [0, 0.05) is 54.6 Å². The third kappa shape index (κ3) is 2.95. The topological polar surface area (TPSA) is 22.2 Å². The summed E-state index contributed by atoms with van der Waals surface area (Å²) in [6, 6.07) is 41.6. The van der Waals surface area contributed by atoms with Crippen LogP contribution in [0, 0.1) is 0 Å². The highest BCUT2D eigenvalue weighted by molar-refractivity contribution is 7.26. The van der Waals surface area contributed by atoms with Gasteiger partial charge in [-0.05, 0) is 53.2 Å². The first-order valence-corrected chi connectivity index (χ1v) is 14.0. The maximum Gasteiger partial charge on any atom is 0.137 e. The molecule has 0 unspecified atom stereocenters. The number of benzene rings is 5. The summed E-state index contributed by atoms with van der Waals surface area (Å²) in [6.07, 6.45) is 4.13. The van der Waals surface area contributed by atoms with E-state index in [2.05, 4.69) is 112 Å². The van der Waals surface area contributed by atoms with Crippen molar-refractivity contribution in [1.82, 2.24) is 14.0 Å². The molecule has 0 atom stereocenters. The predicted molar refractivity (Wildman–Crippen MR) is 165 cm³/mol. The van der Waals surface area contributed by atoms with Crippen molar-refractivity contribution in [3.63, 3.8) is 0 Å². The van der Waals surface area contributed by atoms with Crippen molar-refractivity contribution >= 4 is 69.7 Å². The monoisotopic (exact) mass is 515 g/mol. The molecule has 0 fully saturated rings. The van der Waals surface area contributed by atoms with Crippen LogP contribution in [0.1, 0.15) is 0 Å². The van der Waals surface area contributed by atoms with Crippen LogP contribution < -0.4 is 0 Å². The SMILES string of the molecule is c1ccc2c(c1)ccc1c2c2c3sc4ccccc4c3ccc2n1-c1ccc(-c2cn3ccccc3n2)cc1. The molecule has 0 amide bonds. The number of nitrogens with zero attached hydrogens (tertiary/aromatic N) is 3. The third-order valence-electron chi connectivity index (χ3n) is 7.95. The summed E-state index contributed by atoms with van der Waals surface area (Å²) in [5, 5.41) is 7.89. The lowest BCUT2D eigenvalue weighted by Crippen LogP contribution is -1.93. The lowest BCUT2D eigenvalue weighted by atomic mass is 10.0. The second-order valence-corrected chi connectivity index (χ2v) is 11.1. The fraction of sp³-hybridized carbons (Fsp3) is 0. The fourth-order valence-electron chi connectivity index (χ4n) is 6.18. The first-order chi connectivity index (χ1) is 19.3. The van der Waals surface area contributed by atoms with Crippen LogP contribution in [0.15, 0.2) is 128 Å². The van der Waals surface area contributed by atoms with Gasteiger partial charge in [0.05, 0.1) is 16.7 Å². The lowest BCUT2D eigenvalue weighted by Gasteiger charge is -2.09. The summed E-state index contributed by atoms with van der Waals surface area (Å²) in [5.41, 5.74) is 6.67. The molecule has 3 nitrogen and oxygen atoms in total. The smallest absolute Gasteiger partial charge is 0.137 e. The van der Waals surface area contributed by atoms with Crippen molar-refractivity contribution in [3.05, 3.63) is 128 Å². The second kappa shape index (κ2) is 7.79. The van der Waals surface area contributed by atoms with E-state index in [-0.39, 0.29) is 0 Å². The molecule has 0 bridgehead atoms. The molecule has 0 aliphatic heterocycles. The Balaban J connectivity index is 1.35. The molecular formula is C35H21N3S. The van der Waals surface area contributed by atoms with Crippen LogP contribution in [0.25, 0.3) is 75.3 Å². The molecule has 4 heterocycles. The lowest BCUT2D eigenvalue weighted by molar-refractivity contribution is 1.18. The van der Waals surface area contributed by atoms with Crippen molar-refractivity contribution in [2.45, 2.75) is 0 Å². The molecule has 5 aromatic carbocycles. The molecule has 182 valence electrons. The summed E-state index contributed by atoms with van der Waals surface area (Å²) < 4.78 is 7.18. The molecule has 0 aliphatic rings. The van der Waals surface area contributed by atoms with Crippen LogP contribution in [0.4, 0.5) is 0 Å². The van der Waals surface area contributed by atoms with Gasteiger partial charge in [0.2, 0.25) is 0 Å². The Morgan fingerprint density at radius 1 is 0.590 bits per heavy atom. The van der Waals surface area contributed by atoms with Crippen molar-refractivity contribution in [1.29, 1.82) is 0 Å². The molecule has 9 rings (SSSR count). The second-order valence-electron chi connectivity index (χ2n) is 10.1. The van der Waals surface area contributed by atoms with E-state index in [1.165, 1.54) is 52.8 Å². The normalized spacial score (nSPS) is 12.1. The predicted octanol–water partition coefficient (Wildman–Crippen LogP) is 9.62. The van der Waals surface area contributed by atoms with Crippen LogP contribution >= 0.6 is 11.3 Å². The van der Waals surface area contributed by atoms with E-state index in [1.807, 2.05) is 35.7 Å². The first-order valence-electron chi connectivity index (χ1n) is 13.1. The molecule has 0 N–H and O–H groups in total. The maximum atomic E-state index is 4.82. The van der Waals surface area contributed by atoms with Gasteiger partial charge in [-0.25, -0.2) is 4.98 Å². The number of hydrogen-bond donors (Lipinski definition) is 0. The molecule has 39 heavy (non-hydrogen) atoms. The average Bonchev–Trinajstić information content (AvgIpc) is 3.68. The number of pyridine rings is 1. The van der Waals surface area contributed by atoms with Gasteiger partial charge in [0.25, 0.3) is 0 Å². The van der Waals surface area contributed by atoms with Crippen molar-refractivity contribution < 1.29 is 0 Å². The maximum absolute atomic E-state index is 4.82. The Bertz CT molecular complexity index is 2350. The summed E-state index contributed by atoms with van der Waals surface area (Å²) in [7, 11) is 0. The average molecular weight is 516 g/mol. The van der Waals surface area contributed by atoms with Crippen molar-refractivity contribution in [2.75, 3.05) is 0 Å². The quantitative estimate of drug-likeness (QED) is 0.225. The highest BCUT2D eigenvalue weighted by Crippen LogP contribution is 2.45. The van der Waals surface area contributed by atoms with Gasteiger partial charge in [0.15, 0.2) is 0 Å². The first kappa shape index (κ1) is 21.1. The van der Waals surface area contributed by atoms with E-state index < -0.39 is 0 Å². The Kier molecular flexibility index (Phi) is 4.21. The summed E-state index contributed by atoms with van der Waals surface area (Å²) in [5.74, 6) is 0. The van der Waals surface area contributed by atoms with E-state index in [0.717, 1.165) is 22.6 Å². The van der Waals surface area contributed by atoms with Crippen LogP contribution in [-0.4, -0.2) is 14.0 Å². The van der Waals surface area contributed by atoms with Gasteiger partial charge in [-0.2, -0.15) is 0 Å². The molecule has 4 aromatic heterocycles. The number of imidazole rings is 1. The molecule has 0 spiro atoms. The Hall–Kier alpha value is -4.93. The fourth-order valence-corrected chi connectivity index (χ4v) is 7.43. The van der Waals surface area contributed by atoms with E-state index in [0.29, 0.717) is 0 Å². The minimum Gasteiger partial charge on any atom is -0.309 e. The zero-order chi connectivity index (χ0) is 25.5. The van der Waals surface area contributed by atoms with E-state index >= 15 is 0 Å². The highest BCUT2D eigenvalue weighted by atomic mass is 32.1. The number of thiophene rings is 1. The molecular weight excluding hydrogens is 494 g/mol. The Labute approximate surface area is 227 Å². The minimum atomic E-state index is 0.957. The summed E-state index contributed by atoms with van der Waals surface area (Å²) >= 11 is 1.90. The summed E-state index contributed by atoms with van der Waals surface area (Å²) in [6.45, 7) is 0. The highest BCUT2D eigenvalue weighted by Gasteiger charge is 2.19. The van der Waals surface area contributed by atoms with Gasteiger partial charge in [-0.1, -0.05) is 72.8 Å². The van der Waals surface area contributed by atoms with Crippen LogP contribution in [-0.2, 0) is 0 Å². The molecule has 0 saturated carbocycles. The van der Waals surface area contributed by atoms with E-state index in [9.17, 15) is 0 Å². The Morgan fingerprint density at radius 2 is 1.36 bits per heavy atom. The minimum absolute atomic E-state index is 0.957. The van der Waals surface area contributed by atoms with Gasteiger partial charge in [-0.3, -0.25) is 0 Å². The molecule has 0 saturated heterocycles. The Morgan fingerprint density at radius 3 is 2.26 bits per heavy atom. The van der Waals surface area contributed by atoms with Gasteiger partial charge >= 0.3 is 0 Å². The van der Waals surface area contributed by atoms with E-state index in [4.69, 9.17) is 4.98 Å². The number of rotatable bonds is 2. The third-order valence-corrected chi connectivity index (χ3v) is 9.15. The zero-order valence-corrected chi connectivity index (χ0v) is 21.7. The summed E-state index contributed by atoms with van der Waals surface area (Å²) in [4.78, 5) is 4.82. The van der Waals surface area contributed by atoms with Gasteiger partial charge in [-0.15, -0.1) is 11.3 Å². The van der Waals surface area contributed by atoms with Crippen LogP contribution in [0.2, 0.25) is 0 Å². The largest absolute Gasteiger partial charge is 0.309 e. The van der Waals surface area contributed by atoms with Crippen molar-refractivity contribution in [3.8, 4) is 16.9 Å². The zero-order valence-electron chi connectivity index (χ0n) is 20.9. The molecule has 9 aromatic rings. The van der Waals surface area contributed by atoms with Crippen molar-refractivity contribution in [2.24, 2.45) is 0 Å². The number of hydrogen-bond acceptors (Lipinski definition) is 2. The molecule has 0 radical (unpaired) electrons. The van der Waals surface area contributed by atoms with Gasteiger partial charge < -0.3 is 8.97 Å². The molecule has 0 aliphatic carbocycles. The molecule has 4 heteroatoms.